The Morgan fingerprint density at radius 1 is 0.545 bits per heavy atom. The van der Waals surface area contributed by atoms with E-state index in [2.05, 4.69) is 89.7 Å². The first-order chi connectivity index (χ1) is 59.0. The summed E-state index contributed by atoms with van der Waals surface area (Å²) in [5.74, 6) is -4.28. The second-order valence-corrected chi connectivity index (χ2v) is 28.7. The van der Waals surface area contributed by atoms with E-state index in [0.717, 1.165) is 6.07 Å². The third-order valence-corrected chi connectivity index (χ3v) is 20.7. The molecule has 654 valence electrons. The highest BCUT2D eigenvalue weighted by atomic mass is 16.6. The van der Waals surface area contributed by atoms with Crippen LogP contribution in [-0.4, -0.2) is 203 Å². The van der Waals surface area contributed by atoms with E-state index in [4.69, 9.17) is 23.6 Å². The molecule has 6 heterocycles. The van der Waals surface area contributed by atoms with Gasteiger partial charge in [-0.2, -0.15) is 0 Å². The molecule has 44 heteroatoms. The summed E-state index contributed by atoms with van der Waals surface area (Å²) in [5, 5.41) is 135. The highest BCUT2D eigenvalue weighted by Gasteiger charge is 2.44. The van der Waals surface area contributed by atoms with Crippen LogP contribution in [0.4, 0.5) is 74.3 Å². The van der Waals surface area contributed by atoms with Gasteiger partial charge in [0.25, 0.3) is 0 Å². The molecular formula is C79H94N20O24. The maximum absolute atomic E-state index is 14.6. The summed E-state index contributed by atoms with van der Waals surface area (Å²) >= 11 is 0. The second kappa shape index (κ2) is 41.4. The number of non-ortho nitro benzene ring substituents is 1. The van der Waals surface area contributed by atoms with Crippen molar-refractivity contribution in [3.05, 3.63) is 167 Å². The van der Waals surface area contributed by atoms with E-state index in [-0.39, 0.29) is 175 Å². The Kier molecular flexibility index (Phi) is 30.2. The molecule has 44 nitrogen and oxygen atoms in total. The molecule has 0 unspecified atom stereocenters. The van der Waals surface area contributed by atoms with Gasteiger partial charge in [0, 0.05) is 56.5 Å². The summed E-state index contributed by atoms with van der Waals surface area (Å²) in [4.78, 5) is 150. The fourth-order valence-corrected chi connectivity index (χ4v) is 14.8. The molecule has 4 aliphatic heterocycles. The van der Waals surface area contributed by atoms with Crippen LogP contribution in [0.2, 0.25) is 0 Å². The number of benzene rings is 6. The molecule has 0 aliphatic carbocycles. The van der Waals surface area contributed by atoms with E-state index in [1.165, 1.54) is 76.4 Å². The van der Waals surface area contributed by atoms with Gasteiger partial charge in [-0.05, 0) is 153 Å². The van der Waals surface area contributed by atoms with Gasteiger partial charge in [-0.3, -0.25) is 29.3 Å². The zero-order valence-corrected chi connectivity index (χ0v) is 67.4. The van der Waals surface area contributed by atoms with Gasteiger partial charge in [0.15, 0.2) is 11.7 Å². The summed E-state index contributed by atoms with van der Waals surface area (Å²) in [7, 11) is 0. The minimum Gasteiger partial charge on any atom is -0.490 e. The average Bonchev–Trinajstić information content (AvgIpc) is 1.76. The number of aromatic nitrogens is 5. The van der Waals surface area contributed by atoms with Gasteiger partial charge in [-0.25, -0.2) is 38.1 Å². The van der Waals surface area contributed by atoms with Crippen molar-refractivity contribution < 1.29 is 112 Å². The Hall–Kier alpha value is -13.9. The van der Waals surface area contributed by atoms with Crippen molar-refractivity contribution in [3.8, 4) is 5.75 Å². The summed E-state index contributed by atoms with van der Waals surface area (Å²) in [6.07, 6.45) is -7.13. The van der Waals surface area contributed by atoms with Crippen LogP contribution in [0.1, 0.15) is 104 Å². The number of nitro groups is 1. The topological polar surface area (TPSA) is 622 Å². The van der Waals surface area contributed by atoms with Crippen molar-refractivity contribution in [2.75, 3.05) is 83.0 Å². The third kappa shape index (κ3) is 22.8. The Morgan fingerprint density at radius 3 is 1.39 bits per heavy atom. The number of aliphatic carboxylic acids is 3. The molecule has 2 aromatic heterocycles. The lowest BCUT2D eigenvalue weighted by molar-refractivity contribution is -0.383. The van der Waals surface area contributed by atoms with Gasteiger partial charge >= 0.3 is 59.8 Å². The Balaban J connectivity index is 0.886. The van der Waals surface area contributed by atoms with Crippen LogP contribution < -0.4 is 78.8 Å². The number of anilines is 7. The van der Waals surface area contributed by atoms with Crippen molar-refractivity contribution in [1.82, 2.24) is 62.5 Å². The largest absolute Gasteiger partial charge is 0.490 e. The number of aliphatic hydroxyl groups is 4. The number of ether oxygens (including phenoxy) is 4. The normalized spacial score (nSPS) is 17.3. The number of nitro benzene ring substituents is 1. The number of hydrogen-bond acceptors (Lipinski definition) is 26. The van der Waals surface area contributed by atoms with Crippen LogP contribution in [0.15, 0.2) is 77.6 Å². The van der Waals surface area contributed by atoms with Crippen molar-refractivity contribution in [2.24, 2.45) is 0 Å². The van der Waals surface area contributed by atoms with Crippen LogP contribution >= 0.6 is 0 Å². The number of carboxylic acids is 3. The minimum absolute atomic E-state index is 0.00282. The molecule has 0 radical (unpaired) electrons. The van der Waals surface area contributed by atoms with Crippen molar-refractivity contribution in [2.45, 2.75) is 156 Å². The first kappa shape index (κ1) is 89.9. The Morgan fingerprint density at radius 2 is 0.959 bits per heavy atom. The molecule has 123 heavy (non-hydrogen) atoms. The van der Waals surface area contributed by atoms with Crippen molar-refractivity contribution in [3.63, 3.8) is 0 Å². The van der Waals surface area contributed by atoms with E-state index in [9.17, 15) is 93.8 Å². The van der Waals surface area contributed by atoms with E-state index in [1.54, 1.807) is 13.8 Å². The standard InChI is InChI=1S/C79H94N20O24/c1-6-45-51-32-83-77(114)89-57-23-41(26-64(102)103)9-12-54(57)86-74(111)80-29-48-39(4)49-30-81-75(112)87-55-13-10-42(27-65(104)105)24-58(55)90-78(115)84-33-52(45)47(8-3)53(46(51)7-2)34-85-79(116)91-59-25-43(28-66(106)107)11-14-56(59)88-76(113)82-31-50(40(48)5)72(49)121-22-21-120-20-19-119-18-17-98-36-44(93-96-98)35-97(60-15-16-61(99(117)118)68-67(60)94-123-95-68)37-63(101)92-73-71(110)70(109)69(108)62(38-100)122-73/h9-16,23-25,36,62,69-71,73,100,108-110H,6-8,17-22,26-35,37-38H2,1-5H3,(H,92,101)(H,102,103)(H,104,105)(H,106,107)(H2,80,86,111)(H2,81,87,112)(H2,82,88,113)(H2,83,89,114)(H2,84,90,115)(H2,85,91,116)/t62-,69-,70+,71-,73-/m1/s1. The monoisotopic (exact) mass is 1710 g/mol. The molecule has 20 N–H and O–H groups in total. The summed E-state index contributed by atoms with van der Waals surface area (Å²) < 4.78 is 30.3. The molecule has 1 fully saturated rings. The predicted molar refractivity (Wildman–Crippen MR) is 438 cm³/mol. The molecule has 13 amide bonds. The van der Waals surface area contributed by atoms with Crippen molar-refractivity contribution >= 4 is 117 Å². The maximum atomic E-state index is 14.6. The number of nitrogens with one attached hydrogen (secondary N) is 13. The number of carbonyl (C=O) groups is 10. The first-order valence-corrected chi connectivity index (χ1v) is 39.1. The van der Waals surface area contributed by atoms with Crippen LogP contribution in [0, 0.1) is 24.0 Å². The number of aliphatic hydroxyl groups excluding tert-OH is 4. The molecule has 6 aromatic carbocycles. The van der Waals surface area contributed by atoms with Crippen LogP contribution in [0.3, 0.4) is 0 Å². The van der Waals surface area contributed by atoms with Gasteiger partial charge in [-0.15, -0.1) is 5.10 Å². The molecule has 8 aromatic rings. The molecular weight excluding hydrogens is 1610 g/mol. The SMILES string of the molecule is CCc1c2c(CC)c3c(CC)c1CNC(=O)Nc1cc(CC(=O)O)ccc1NC(=O)NCc1c(C)c(c(C)c(c1OCCOCCOCCn1cc(CN(CC(=O)N[C@@H]4O[C@H](CO)[C@@H](O)[C@H](O)[C@H]4O)c4ccc([N+](=O)[O-])c5nonc45)nn1)CNC(=O)Nc1ccc(CC(=O)O)cc1NC(=O)NC3)CNC(=O)Nc1ccc(CC(=O)O)cc1NC(=O)NC2. The number of carboxylic acid groups (broad SMARTS) is 3. The number of urea groups is 6. The Bertz CT molecular complexity index is 5150. The van der Waals surface area contributed by atoms with E-state index >= 15 is 0 Å². The smallest absolute Gasteiger partial charge is 0.319 e. The molecule has 0 saturated carbocycles. The molecule has 6 bridgehead atoms. The second-order valence-electron chi connectivity index (χ2n) is 28.7. The van der Waals surface area contributed by atoms with E-state index < -0.39 is 134 Å². The zero-order chi connectivity index (χ0) is 88.3. The number of fused-ring (bicyclic) bond motifs is 19. The maximum Gasteiger partial charge on any atom is 0.319 e. The first-order valence-electron chi connectivity index (χ1n) is 39.1. The minimum atomic E-state index is -1.82. The predicted octanol–water partition coefficient (Wildman–Crippen LogP) is 4.50. The number of nitrogens with zero attached hydrogens (tertiary/aromatic N) is 7. The van der Waals surface area contributed by atoms with Gasteiger partial charge in [0.2, 0.25) is 11.4 Å². The van der Waals surface area contributed by atoms with Crippen molar-refractivity contribution in [1.29, 1.82) is 0 Å². The fourth-order valence-electron chi connectivity index (χ4n) is 14.8. The zero-order valence-electron chi connectivity index (χ0n) is 67.4. The van der Waals surface area contributed by atoms with Gasteiger partial charge in [0.05, 0.1) is 123 Å². The molecule has 5 atom stereocenters. The summed E-state index contributed by atoms with van der Waals surface area (Å²) in [6.45, 7) is 5.89. The quantitative estimate of drug-likeness (QED) is 0.0191. The number of amides is 13. The number of hydrogen-bond donors (Lipinski definition) is 20. The molecule has 0 spiro atoms. The summed E-state index contributed by atoms with van der Waals surface area (Å²) in [6, 6.07) is 10.4. The van der Waals surface area contributed by atoms with Crippen LogP contribution in [-0.2, 0) is 124 Å². The molecule has 4 aliphatic rings. The van der Waals surface area contributed by atoms with Gasteiger partial charge in [0.1, 0.15) is 42.5 Å². The van der Waals surface area contributed by atoms with E-state index in [0.29, 0.717) is 69.3 Å². The lowest BCUT2D eigenvalue weighted by atomic mass is 9.83. The molecule has 1 saturated heterocycles. The summed E-state index contributed by atoms with van der Waals surface area (Å²) in [5.41, 5.74) is 6.28. The Labute approximate surface area is 700 Å². The van der Waals surface area contributed by atoms with Gasteiger partial charge < -0.3 is 129 Å². The molecule has 12 rings (SSSR count). The van der Waals surface area contributed by atoms with Crippen LogP contribution in [0.5, 0.6) is 5.75 Å². The lowest BCUT2D eigenvalue weighted by Crippen LogP contribution is -2.63. The highest BCUT2D eigenvalue weighted by Crippen LogP contribution is 2.38. The highest BCUT2D eigenvalue weighted by molar-refractivity contribution is 6.02. The third-order valence-electron chi connectivity index (χ3n) is 20.7. The number of rotatable bonds is 27. The fraction of sp³-hybridized carbons (Fsp3) is 0.392. The lowest BCUT2D eigenvalue weighted by Gasteiger charge is -2.40. The average molecular weight is 1710 g/mol. The van der Waals surface area contributed by atoms with E-state index in [1.807, 2.05) is 20.8 Å². The van der Waals surface area contributed by atoms with Gasteiger partial charge in [-0.1, -0.05) is 44.2 Å². The number of carbonyl (C=O) groups excluding carboxylic acids is 7. The van der Waals surface area contributed by atoms with Crippen LogP contribution in [0.25, 0.3) is 11.0 Å².